The van der Waals surface area contributed by atoms with Gasteiger partial charge in [-0.3, -0.25) is 4.79 Å². The average Bonchev–Trinajstić information content (AvgIpc) is 2.81. The summed E-state index contributed by atoms with van der Waals surface area (Å²) < 4.78 is 10.9. The maximum atomic E-state index is 12.2. The summed E-state index contributed by atoms with van der Waals surface area (Å²) in [6.07, 6.45) is 3.67. The molecular weight excluding hydrogens is 428 g/mol. The van der Waals surface area contributed by atoms with E-state index in [1.54, 1.807) is 21.1 Å². The van der Waals surface area contributed by atoms with Crippen molar-refractivity contribution in [2.45, 2.75) is 32.7 Å². The lowest BCUT2D eigenvalue weighted by Crippen LogP contribution is -2.13. The van der Waals surface area contributed by atoms with E-state index in [4.69, 9.17) is 21.1 Å². The first-order chi connectivity index (χ1) is 15.4. The third-order valence-electron chi connectivity index (χ3n) is 5.20. The molecule has 8 heteroatoms. The molecule has 2 aromatic carbocycles. The van der Waals surface area contributed by atoms with Gasteiger partial charge >= 0.3 is 0 Å². The van der Waals surface area contributed by atoms with Crippen molar-refractivity contribution < 1.29 is 14.3 Å². The number of halogens is 1. The molecule has 32 heavy (non-hydrogen) atoms. The number of nitrogens with zero attached hydrogens (tertiary/aromatic N) is 2. The van der Waals surface area contributed by atoms with E-state index >= 15 is 0 Å². The van der Waals surface area contributed by atoms with Crippen molar-refractivity contribution in [1.82, 2.24) is 9.97 Å². The van der Waals surface area contributed by atoms with Crippen LogP contribution in [-0.2, 0) is 11.3 Å². The molecule has 0 fully saturated rings. The second-order valence-corrected chi connectivity index (χ2v) is 7.65. The van der Waals surface area contributed by atoms with Gasteiger partial charge in [-0.15, -0.1) is 6.58 Å². The van der Waals surface area contributed by atoms with Crippen molar-refractivity contribution in [3.05, 3.63) is 59.4 Å². The Labute approximate surface area is 192 Å². The maximum absolute atomic E-state index is 12.2. The number of nitrogens with one attached hydrogen (secondary N) is 2. The molecule has 0 aliphatic rings. The molecule has 1 amide bonds. The summed E-state index contributed by atoms with van der Waals surface area (Å²) >= 11 is 6.25. The zero-order chi connectivity index (χ0) is 23.3. The van der Waals surface area contributed by atoms with Crippen LogP contribution in [0.5, 0.6) is 11.5 Å². The molecule has 7 nitrogen and oxygen atoms in total. The van der Waals surface area contributed by atoms with Gasteiger partial charge in [0.25, 0.3) is 0 Å². The molecule has 1 unspecified atom stereocenters. The van der Waals surface area contributed by atoms with Crippen LogP contribution >= 0.6 is 11.6 Å². The normalized spacial score (nSPS) is 11.7. The van der Waals surface area contributed by atoms with E-state index in [0.29, 0.717) is 41.0 Å². The first-order valence-corrected chi connectivity index (χ1v) is 10.7. The van der Waals surface area contributed by atoms with Gasteiger partial charge in [-0.25, -0.2) is 9.97 Å². The first kappa shape index (κ1) is 23.3. The number of hydrogen-bond donors (Lipinski definition) is 2. The molecule has 0 aliphatic carbocycles. The molecule has 0 spiro atoms. The summed E-state index contributed by atoms with van der Waals surface area (Å²) in [4.78, 5) is 21.1. The van der Waals surface area contributed by atoms with Crippen molar-refractivity contribution in [2.75, 3.05) is 24.9 Å². The Morgan fingerprint density at radius 1 is 1.25 bits per heavy atom. The van der Waals surface area contributed by atoms with Crippen LogP contribution in [0.4, 0.5) is 11.5 Å². The third-order valence-corrected chi connectivity index (χ3v) is 5.50. The fourth-order valence-corrected chi connectivity index (χ4v) is 3.73. The minimum Gasteiger partial charge on any atom is -0.495 e. The lowest BCUT2D eigenvalue weighted by atomic mass is 9.95. The monoisotopic (exact) mass is 454 g/mol. The lowest BCUT2D eigenvalue weighted by molar-refractivity contribution is -0.115. The predicted octanol–water partition coefficient (Wildman–Crippen LogP) is 5.55. The number of amides is 1. The van der Waals surface area contributed by atoms with Gasteiger partial charge in [0.1, 0.15) is 23.6 Å². The highest BCUT2D eigenvalue weighted by atomic mass is 35.5. The topological polar surface area (TPSA) is 85.4 Å². The van der Waals surface area contributed by atoms with Crippen LogP contribution in [-0.4, -0.2) is 30.1 Å². The number of ether oxygens (including phenoxy) is 2. The highest BCUT2D eigenvalue weighted by molar-refractivity contribution is 6.32. The fourth-order valence-electron chi connectivity index (χ4n) is 3.45. The first-order valence-electron chi connectivity index (χ1n) is 10.3. The van der Waals surface area contributed by atoms with Gasteiger partial charge in [-0.2, -0.15) is 0 Å². The van der Waals surface area contributed by atoms with Crippen LogP contribution in [0.3, 0.4) is 0 Å². The third kappa shape index (κ3) is 4.78. The van der Waals surface area contributed by atoms with Crippen LogP contribution in [0.15, 0.2) is 43.2 Å². The minimum atomic E-state index is -0.112. The molecule has 1 aromatic heterocycles. The Morgan fingerprint density at radius 3 is 2.66 bits per heavy atom. The van der Waals surface area contributed by atoms with E-state index in [1.165, 1.54) is 6.33 Å². The van der Waals surface area contributed by atoms with Crippen molar-refractivity contribution >= 4 is 39.9 Å². The number of fused-ring (bicyclic) bond motifs is 1. The Balaban J connectivity index is 2.09. The number of methoxy groups -OCH3 is 2. The van der Waals surface area contributed by atoms with Gasteiger partial charge in [0.05, 0.1) is 30.4 Å². The molecule has 0 saturated carbocycles. The molecule has 168 valence electrons. The average molecular weight is 455 g/mol. The smallest absolute Gasteiger partial charge is 0.224 e. The summed E-state index contributed by atoms with van der Waals surface area (Å²) in [5, 5.41) is 7.59. The number of carbonyl (C=O) groups excluding carboxylic acids is 1. The van der Waals surface area contributed by atoms with Crippen molar-refractivity contribution in [3.8, 4) is 11.5 Å². The largest absolute Gasteiger partial charge is 0.495 e. The van der Waals surface area contributed by atoms with Crippen LogP contribution in [0.25, 0.3) is 10.9 Å². The molecule has 1 heterocycles. The Morgan fingerprint density at radius 2 is 2.03 bits per heavy atom. The highest BCUT2D eigenvalue weighted by Crippen LogP contribution is 2.41. The van der Waals surface area contributed by atoms with E-state index in [1.807, 2.05) is 37.3 Å². The molecule has 0 aliphatic heterocycles. The van der Waals surface area contributed by atoms with Crippen LogP contribution in [0.2, 0.25) is 5.02 Å². The summed E-state index contributed by atoms with van der Waals surface area (Å²) in [7, 11) is 3.16. The molecule has 1 atom stereocenters. The predicted molar refractivity (Wildman–Crippen MR) is 129 cm³/mol. The molecule has 0 saturated heterocycles. The lowest BCUT2D eigenvalue weighted by Gasteiger charge is -2.20. The van der Waals surface area contributed by atoms with Gasteiger partial charge in [-0.05, 0) is 23.8 Å². The van der Waals surface area contributed by atoms with Crippen LogP contribution in [0.1, 0.15) is 37.3 Å². The molecule has 0 bridgehead atoms. The van der Waals surface area contributed by atoms with Gasteiger partial charge in [0, 0.05) is 29.8 Å². The number of anilines is 2. The quantitative estimate of drug-likeness (QED) is 0.412. The summed E-state index contributed by atoms with van der Waals surface area (Å²) in [5.74, 6) is 1.65. The molecular formula is C24H27ClN4O3. The van der Waals surface area contributed by atoms with Crippen LogP contribution < -0.4 is 20.1 Å². The zero-order valence-corrected chi connectivity index (χ0v) is 19.4. The van der Waals surface area contributed by atoms with E-state index in [0.717, 1.165) is 22.0 Å². The van der Waals surface area contributed by atoms with Crippen molar-refractivity contribution in [3.63, 3.8) is 0 Å². The molecule has 3 rings (SSSR count). The number of allylic oxidation sites excluding steroid dienone is 1. The Kier molecular flexibility index (Phi) is 7.53. The fraction of sp³-hybridized carbons (Fsp3) is 0.292. The SMILES string of the molecule is C=CC(C)c1c(OC)c(NC(=O)CC)cc2c(NCc3ccc(OC)c(Cl)c3)ncnc12. The highest BCUT2D eigenvalue weighted by Gasteiger charge is 2.21. The summed E-state index contributed by atoms with van der Waals surface area (Å²) in [6.45, 7) is 8.22. The minimum absolute atomic E-state index is 0.0610. The van der Waals surface area contributed by atoms with Crippen LogP contribution in [0, 0.1) is 0 Å². The van der Waals surface area contributed by atoms with Crippen molar-refractivity contribution in [1.29, 1.82) is 0 Å². The summed E-state index contributed by atoms with van der Waals surface area (Å²) in [5.41, 5.74) is 3.11. The number of hydrogen-bond acceptors (Lipinski definition) is 6. The van der Waals surface area contributed by atoms with Gasteiger partial charge in [0.15, 0.2) is 0 Å². The zero-order valence-electron chi connectivity index (χ0n) is 18.7. The second-order valence-electron chi connectivity index (χ2n) is 7.24. The van der Waals surface area contributed by atoms with E-state index in [-0.39, 0.29) is 11.8 Å². The molecule has 2 N–H and O–H groups in total. The van der Waals surface area contributed by atoms with Gasteiger partial charge in [0.2, 0.25) is 5.91 Å². The molecule has 0 radical (unpaired) electrons. The van der Waals surface area contributed by atoms with Gasteiger partial charge < -0.3 is 20.1 Å². The van der Waals surface area contributed by atoms with Gasteiger partial charge in [-0.1, -0.05) is 37.6 Å². The Bertz CT molecular complexity index is 1150. The number of benzene rings is 2. The number of rotatable bonds is 9. The number of aromatic nitrogens is 2. The Hall–Kier alpha value is -3.32. The molecule has 3 aromatic rings. The second kappa shape index (κ2) is 10.3. The number of carbonyl (C=O) groups is 1. The summed E-state index contributed by atoms with van der Waals surface area (Å²) in [6, 6.07) is 7.44. The van der Waals surface area contributed by atoms with E-state index in [2.05, 4.69) is 27.2 Å². The van der Waals surface area contributed by atoms with E-state index < -0.39 is 0 Å². The maximum Gasteiger partial charge on any atom is 0.224 e. The van der Waals surface area contributed by atoms with Crippen molar-refractivity contribution in [2.24, 2.45) is 0 Å². The standard InChI is InChI=1S/C24H27ClN4O3/c1-6-14(3)21-22-16(11-18(23(21)32-5)29-20(30)7-2)24(28-13-27-22)26-12-15-8-9-19(31-4)17(25)10-15/h6,8-11,13-14H,1,7,12H2,2-5H3,(H,29,30)(H,26,27,28). The van der Waals surface area contributed by atoms with E-state index in [9.17, 15) is 4.79 Å².